The molecule has 1 saturated heterocycles. The molecule has 102 valence electrons. The van der Waals surface area contributed by atoms with Crippen LogP contribution in [0.25, 0.3) is 0 Å². The van der Waals surface area contributed by atoms with E-state index in [1.54, 1.807) is 0 Å². The highest BCUT2D eigenvalue weighted by Gasteiger charge is 2.30. The number of benzene rings is 1. The van der Waals surface area contributed by atoms with Crippen LogP contribution >= 0.6 is 0 Å². The van der Waals surface area contributed by atoms with Gasteiger partial charge in [0.1, 0.15) is 5.78 Å². The van der Waals surface area contributed by atoms with Crippen LogP contribution < -0.4 is 0 Å². The Balaban J connectivity index is 1.88. The summed E-state index contributed by atoms with van der Waals surface area (Å²) in [6, 6.07) is 9.74. The summed E-state index contributed by atoms with van der Waals surface area (Å²) >= 11 is 0. The molecule has 0 N–H and O–H groups in total. The van der Waals surface area contributed by atoms with Gasteiger partial charge in [0.25, 0.3) is 0 Å². The molecule has 2 rings (SSSR count). The van der Waals surface area contributed by atoms with Crippen molar-refractivity contribution < 1.29 is 19.1 Å². The van der Waals surface area contributed by atoms with Gasteiger partial charge in [-0.05, 0) is 12.0 Å². The molecule has 1 fully saturated rings. The van der Waals surface area contributed by atoms with E-state index in [4.69, 9.17) is 4.74 Å². The zero-order valence-corrected chi connectivity index (χ0v) is 11.0. The first-order valence-corrected chi connectivity index (χ1v) is 6.46. The van der Waals surface area contributed by atoms with E-state index in [0.717, 1.165) is 5.56 Å². The molecule has 1 aromatic rings. The van der Waals surface area contributed by atoms with E-state index in [-0.39, 0.29) is 30.2 Å². The van der Waals surface area contributed by atoms with E-state index in [2.05, 4.69) is 4.74 Å². The van der Waals surface area contributed by atoms with Gasteiger partial charge in [0.15, 0.2) is 0 Å². The van der Waals surface area contributed by atoms with E-state index < -0.39 is 0 Å². The lowest BCUT2D eigenvalue weighted by molar-refractivity contribution is -0.142. The smallest absolute Gasteiger partial charge is 0.305 e. The quantitative estimate of drug-likeness (QED) is 0.781. The van der Waals surface area contributed by atoms with Gasteiger partial charge in [-0.2, -0.15) is 0 Å². The fraction of sp³-hybridized carbons (Fsp3) is 0.467. The Labute approximate surface area is 112 Å². The molecule has 4 heteroatoms. The summed E-state index contributed by atoms with van der Waals surface area (Å²) in [7, 11) is 1.35. The average molecular weight is 262 g/mol. The summed E-state index contributed by atoms with van der Waals surface area (Å²) in [5, 5.41) is 0. The van der Waals surface area contributed by atoms with E-state index in [1.165, 1.54) is 7.11 Å². The molecule has 1 aromatic carbocycles. The van der Waals surface area contributed by atoms with Gasteiger partial charge in [-0.1, -0.05) is 30.3 Å². The number of ether oxygens (including phenoxy) is 2. The first-order valence-electron chi connectivity index (χ1n) is 6.46. The minimum absolute atomic E-state index is 0.150. The molecule has 1 aliphatic rings. The Kier molecular flexibility index (Phi) is 4.68. The zero-order valence-electron chi connectivity index (χ0n) is 11.0. The highest BCUT2D eigenvalue weighted by molar-refractivity contribution is 5.83. The fourth-order valence-corrected chi connectivity index (χ4v) is 2.25. The molecule has 2 atom stereocenters. The molecule has 1 heterocycles. The Morgan fingerprint density at radius 3 is 2.74 bits per heavy atom. The maximum atomic E-state index is 12.0. The van der Waals surface area contributed by atoms with Crippen LogP contribution in [-0.2, 0) is 19.1 Å². The molecular formula is C15H18O4. The number of esters is 1. The van der Waals surface area contributed by atoms with E-state index >= 15 is 0 Å². The fourth-order valence-electron chi connectivity index (χ4n) is 2.25. The summed E-state index contributed by atoms with van der Waals surface area (Å²) in [5.41, 5.74) is 1.03. The summed E-state index contributed by atoms with van der Waals surface area (Å²) in [6.45, 7) is 0.384. The van der Waals surface area contributed by atoms with E-state index in [1.807, 2.05) is 30.3 Å². The van der Waals surface area contributed by atoms with Crippen LogP contribution in [0.15, 0.2) is 30.3 Å². The molecule has 4 nitrogen and oxygen atoms in total. The van der Waals surface area contributed by atoms with Crippen LogP contribution in [0.4, 0.5) is 0 Å². The first-order chi connectivity index (χ1) is 9.20. The Morgan fingerprint density at radius 2 is 2.11 bits per heavy atom. The minimum Gasteiger partial charge on any atom is -0.469 e. The maximum absolute atomic E-state index is 12.0. The minimum atomic E-state index is -0.280. The molecule has 0 aromatic heterocycles. The van der Waals surface area contributed by atoms with Gasteiger partial charge in [-0.3, -0.25) is 9.59 Å². The predicted octanol–water partition coefficient (Wildman–Crippen LogP) is 2.29. The van der Waals surface area contributed by atoms with Gasteiger partial charge >= 0.3 is 5.97 Å². The SMILES string of the molecule is COC(=O)CC[C@H]1CO[C@H](c2ccccc2)CC1=O. The topological polar surface area (TPSA) is 52.6 Å². The summed E-state index contributed by atoms with van der Waals surface area (Å²) in [4.78, 5) is 23.1. The molecule has 0 spiro atoms. The van der Waals surface area contributed by atoms with Gasteiger partial charge in [-0.25, -0.2) is 0 Å². The number of carbonyl (C=O) groups excluding carboxylic acids is 2. The third-order valence-corrected chi connectivity index (χ3v) is 3.44. The number of ketones is 1. The van der Waals surface area contributed by atoms with Crippen molar-refractivity contribution in [3.63, 3.8) is 0 Å². The van der Waals surface area contributed by atoms with Crippen LogP contribution in [0, 0.1) is 5.92 Å². The second-order valence-corrected chi connectivity index (χ2v) is 4.71. The van der Waals surface area contributed by atoms with Crippen LogP contribution in [0.1, 0.15) is 30.9 Å². The highest BCUT2D eigenvalue weighted by atomic mass is 16.5. The van der Waals surface area contributed by atoms with Gasteiger partial charge in [0.05, 0.1) is 19.8 Å². The molecule has 0 radical (unpaired) electrons. The standard InChI is InChI=1S/C15H18O4/c1-18-15(17)8-7-12-10-19-14(9-13(12)16)11-5-3-2-4-6-11/h2-6,12,14H,7-10H2,1H3/t12-,14-/m0/s1. The molecule has 1 aliphatic heterocycles. The van der Waals surface area contributed by atoms with Crippen molar-refractivity contribution in [1.29, 1.82) is 0 Å². The number of methoxy groups -OCH3 is 1. The first kappa shape index (κ1) is 13.7. The lowest BCUT2D eigenvalue weighted by Gasteiger charge is -2.28. The lowest BCUT2D eigenvalue weighted by atomic mass is 9.90. The number of hydrogen-bond donors (Lipinski definition) is 0. The van der Waals surface area contributed by atoms with Crippen LogP contribution in [0.5, 0.6) is 0 Å². The zero-order chi connectivity index (χ0) is 13.7. The number of hydrogen-bond acceptors (Lipinski definition) is 4. The van der Waals surface area contributed by atoms with Crippen molar-refractivity contribution in [2.24, 2.45) is 5.92 Å². The van der Waals surface area contributed by atoms with E-state index in [0.29, 0.717) is 19.4 Å². The third kappa shape index (κ3) is 3.64. The molecule has 0 amide bonds. The van der Waals surface area contributed by atoms with Crippen LogP contribution in [-0.4, -0.2) is 25.5 Å². The summed E-state index contributed by atoms with van der Waals surface area (Å²) < 4.78 is 10.3. The van der Waals surface area contributed by atoms with Gasteiger partial charge in [-0.15, -0.1) is 0 Å². The van der Waals surface area contributed by atoms with E-state index in [9.17, 15) is 9.59 Å². The van der Waals surface area contributed by atoms with Crippen molar-refractivity contribution in [2.45, 2.75) is 25.4 Å². The van der Waals surface area contributed by atoms with Crippen LogP contribution in [0.3, 0.4) is 0 Å². The number of Topliss-reactive ketones (excluding diaryl/α,β-unsaturated/α-hetero) is 1. The normalized spacial score (nSPS) is 23.1. The summed E-state index contributed by atoms with van der Waals surface area (Å²) in [6.07, 6.45) is 1.01. The molecule has 19 heavy (non-hydrogen) atoms. The monoisotopic (exact) mass is 262 g/mol. The lowest BCUT2D eigenvalue weighted by Crippen LogP contribution is -2.30. The molecule has 0 saturated carbocycles. The second kappa shape index (κ2) is 6.48. The number of carbonyl (C=O) groups is 2. The predicted molar refractivity (Wildman–Crippen MR) is 69.5 cm³/mol. The van der Waals surface area contributed by atoms with Crippen molar-refractivity contribution in [2.75, 3.05) is 13.7 Å². The van der Waals surface area contributed by atoms with Crippen molar-refractivity contribution in [3.05, 3.63) is 35.9 Å². The second-order valence-electron chi connectivity index (χ2n) is 4.71. The Bertz CT molecular complexity index is 441. The number of rotatable bonds is 4. The van der Waals surface area contributed by atoms with Gasteiger partial charge < -0.3 is 9.47 Å². The van der Waals surface area contributed by atoms with Gasteiger partial charge in [0, 0.05) is 18.8 Å². The largest absolute Gasteiger partial charge is 0.469 e. The Hall–Kier alpha value is -1.68. The summed E-state index contributed by atoms with van der Waals surface area (Å²) in [5.74, 6) is -0.291. The van der Waals surface area contributed by atoms with Crippen molar-refractivity contribution >= 4 is 11.8 Å². The molecule has 0 aliphatic carbocycles. The molecule has 0 unspecified atom stereocenters. The highest BCUT2D eigenvalue weighted by Crippen LogP contribution is 2.29. The molecule has 0 bridgehead atoms. The molecular weight excluding hydrogens is 244 g/mol. The third-order valence-electron chi connectivity index (χ3n) is 3.44. The average Bonchev–Trinajstić information content (AvgIpc) is 2.46. The van der Waals surface area contributed by atoms with Crippen LogP contribution in [0.2, 0.25) is 0 Å². The Morgan fingerprint density at radius 1 is 1.37 bits per heavy atom. The van der Waals surface area contributed by atoms with Crippen molar-refractivity contribution in [3.8, 4) is 0 Å². The maximum Gasteiger partial charge on any atom is 0.305 e. The van der Waals surface area contributed by atoms with Gasteiger partial charge in [0.2, 0.25) is 0 Å². The van der Waals surface area contributed by atoms with Crippen molar-refractivity contribution in [1.82, 2.24) is 0 Å².